The standard InChI is InChI=1S/C7H9N3O3/c1-3-2-4(6(8)10-13)9-5(3)7(11)12/h2,9,13H,1H3,(H2,8,10)(H,11,12). The summed E-state index contributed by atoms with van der Waals surface area (Å²) in [6.45, 7) is 1.62. The average molecular weight is 183 g/mol. The van der Waals surface area contributed by atoms with Crippen molar-refractivity contribution >= 4 is 11.8 Å². The number of rotatable bonds is 2. The van der Waals surface area contributed by atoms with Crippen molar-refractivity contribution in [2.24, 2.45) is 10.9 Å². The fourth-order valence-electron chi connectivity index (χ4n) is 0.972. The Balaban J connectivity index is 3.16. The highest BCUT2D eigenvalue weighted by atomic mass is 16.4. The van der Waals surface area contributed by atoms with E-state index in [2.05, 4.69) is 10.1 Å². The Labute approximate surface area is 73.7 Å². The van der Waals surface area contributed by atoms with Gasteiger partial charge in [-0.25, -0.2) is 4.79 Å². The summed E-state index contributed by atoms with van der Waals surface area (Å²) in [7, 11) is 0. The van der Waals surface area contributed by atoms with Crippen molar-refractivity contribution in [3.63, 3.8) is 0 Å². The minimum atomic E-state index is -1.07. The smallest absolute Gasteiger partial charge is 0.352 e. The molecular formula is C7H9N3O3. The summed E-state index contributed by atoms with van der Waals surface area (Å²) in [6, 6.07) is 1.50. The lowest BCUT2D eigenvalue weighted by Crippen LogP contribution is -2.13. The van der Waals surface area contributed by atoms with Crippen molar-refractivity contribution in [1.82, 2.24) is 4.98 Å². The van der Waals surface area contributed by atoms with Crippen LogP contribution in [0.1, 0.15) is 21.7 Å². The Morgan fingerprint density at radius 1 is 1.69 bits per heavy atom. The van der Waals surface area contributed by atoms with E-state index >= 15 is 0 Å². The van der Waals surface area contributed by atoms with Crippen LogP contribution in [0.5, 0.6) is 0 Å². The molecule has 0 aromatic carbocycles. The van der Waals surface area contributed by atoms with E-state index in [0.717, 1.165) is 0 Å². The Kier molecular flexibility index (Phi) is 2.23. The molecule has 0 aliphatic carbocycles. The van der Waals surface area contributed by atoms with Crippen LogP contribution < -0.4 is 5.73 Å². The molecule has 1 aromatic heterocycles. The highest BCUT2D eigenvalue weighted by Crippen LogP contribution is 2.09. The molecule has 1 aromatic rings. The lowest BCUT2D eigenvalue weighted by Gasteiger charge is -1.91. The topological polar surface area (TPSA) is 112 Å². The van der Waals surface area contributed by atoms with Gasteiger partial charge in [0.25, 0.3) is 0 Å². The third kappa shape index (κ3) is 1.61. The SMILES string of the molecule is Cc1cc(/C(N)=N\O)[nH]c1C(=O)O. The van der Waals surface area contributed by atoms with E-state index in [0.29, 0.717) is 5.56 Å². The van der Waals surface area contributed by atoms with Gasteiger partial charge in [0, 0.05) is 0 Å². The summed E-state index contributed by atoms with van der Waals surface area (Å²) < 4.78 is 0. The van der Waals surface area contributed by atoms with Gasteiger partial charge in [-0.2, -0.15) is 0 Å². The van der Waals surface area contributed by atoms with Gasteiger partial charge in [-0.05, 0) is 18.6 Å². The quantitative estimate of drug-likeness (QED) is 0.226. The van der Waals surface area contributed by atoms with Crippen LogP contribution in [-0.2, 0) is 0 Å². The number of carboxylic acid groups (broad SMARTS) is 1. The maximum atomic E-state index is 10.6. The molecule has 0 fully saturated rings. The van der Waals surface area contributed by atoms with Crippen molar-refractivity contribution in [3.8, 4) is 0 Å². The Morgan fingerprint density at radius 3 is 2.69 bits per heavy atom. The van der Waals surface area contributed by atoms with E-state index in [1.165, 1.54) is 6.07 Å². The molecule has 70 valence electrons. The molecule has 0 bridgehead atoms. The van der Waals surface area contributed by atoms with Gasteiger partial charge in [0.1, 0.15) is 5.69 Å². The number of nitrogens with zero attached hydrogens (tertiary/aromatic N) is 1. The van der Waals surface area contributed by atoms with Crippen molar-refractivity contribution in [1.29, 1.82) is 0 Å². The number of amidine groups is 1. The van der Waals surface area contributed by atoms with Crippen molar-refractivity contribution in [3.05, 3.63) is 23.0 Å². The van der Waals surface area contributed by atoms with E-state index in [-0.39, 0.29) is 17.2 Å². The fourth-order valence-corrected chi connectivity index (χ4v) is 0.972. The summed E-state index contributed by atoms with van der Waals surface area (Å²) in [5, 5.41) is 19.7. The van der Waals surface area contributed by atoms with E-state index in [1.54, 1.807) is 6.92 Å². The number of oxime groups is 1. The Morgan fingerprint density at radius 2 is 2.31 bits per heavy atom. The van der Waals surface area contributed by atoms with Gasteiger partial charge in [0.05, 0.1) is 5.69 Å². The summed E-state index contributed by atoms with van der Waals surface area (Å²) in [5.74, 6) is -1.22. The Hall–Kier alpha value is -1.98. The molecule has 0 aliphatic rings. The molecule has 1 rings (SSSR count). The second kappa shape index (κ2) is 3.18. The largest absolute Gasteiger partial charge is 0.477 e. The number of aryl methyl sites for hydroxylation is 1. The number of aromatic nitrogens is 1. The summed E-state index contributed by atoms with van der Waals surface area (Å²) in [4.78, 5) is 13.1. The Bertz CT molecular complexity index is 367. The zero-order chi connectivity index (χ0) is 10.0. The van der Waals surface area contributed by atoms with E-state index in [9.17, 15) is 4.79 Å². The van der Waals surface area contributed by atoms with Crippen molar-refractivity contribution in [2.45, 2.75) is 6.92 Å². The van der Waals surface area contributed by atoms with Gasteiger partial charge >= 0.3 is 5.97 Å². The molecule has 0 atom stereocenters. The first-order valence-electron chi connectivity index (χ1n) is 3.47. The summed E-state index contributed by atoms with van der Waals surface area (Å²) in [5.41, 5.74) is 6.12. The maximum Gasteiger partial charge on any atom is 0.352 e. The summed E-state index contributed by atoms with van der Waals surface area (Å²) in [6.07, 6.45) is 0. The van der Waals surface area contributed by atoms with Gasteiger partial charge in [-0.1, -0.05) is 5.16 Å². The number of hydrogen-bond donors (Lipinski definition) is 4. The minimum Gasteiger partial charge on any atom is -0.477 e. The van der Waals surface area contributed by atoms with Crippen LogP contribution in [0.4, 0.5) is 0 Å². The molecule has 0 radical (unpaired) electrons. The van der Waals surface area contributed by atoms with Crippen LogP contribution in [0.25, 0.3) is 0 Å². The van der Waals surface area contributed by atoms with E-state index < -0.39 is 5.97 Å². The second-order valence-corrected chi connectivity index (χ2v) is 2.53. The molecule has 0 amide bonds. The number of H-pyrrole nitrogens is 1. The number of nitrogens with one attached hydrogen (secondary N) is 1. The second-order valence-electron chi connectivity index (χ2n) is 2.53. The highest BCUT2D eigenvalue weighted by molar-refractivity contribution is 5.98. The lowest BCUT2D eigenvalue weighted by atomic mass is 10.2. The summed E-state index contributed by atoms with van der Waals surface area (Å²) >= 11 is 0. The predicted molar refractivity (Wildman–Crippen MR) is 45.0 cm³/mol. The molecular weight excluding hydrogens is 174 g/mol. The van der Waals surface area contributed by atoms with Gasteiger partial charge in [0.15, 0.2) is 5.84 Å². The number of aromatic amines is 1. The number of nitrogens with two attached hydrogens (primary N) is 1. The molecule has 0 saturated carbocycles. The van der Waals surface area contributed by atoms with E-state index in [1.807, 2.05) is 0 Å². The van der Waals surface area contributed by atoms with Crippen LogP contribution in [0, 0.1) is 6.92 Å². The molecule has 0 aliphatic heterocycles. The molecule has 5 N–H and O–H groups in total. The number of hydrogen-bond acceptors (Lipinski definition) is 3. The van der Waals surface area contributed by atoms with Crippen LogP contribution in [0.15, 0.2) is 11.2 Å². The first-order chi connectivity index (χ1) is 6.06. The molecule has 6 heteroatoms. The molecule has 13 heavy (non-hydrogen) atoms. The molecule has 6 nitrogen and oxygen atoms in total. The lowest BCUT2D eigenvalue weighted by molar-refractivity contribution is 0.0690. The number of carbonyl (C=O) groups is 1. The minimum absolute atomic E-state index is 0.0431. The van der Waals surface area contributed by atoms with Gasteiger partial charge in [-0.3, -0.25) is 0 Å². The molecule has 1 heterocycles. The number of carboxylic acids is 1. The van der Waals surface area contributed by atoms with Crippen molar-refractivity contribution < 1.29 is 15.1 Å². The first-order valence-corrected chi connectivity index (χ1v) is 3.47. The molecule has 0 saturated heterocycles. The maximum absolute atomic E-state index is 10.6. The van der Waals surface area contributed by atoms with Gasteiger partial charge in [-0.15, -0.1) is 0 Å². The van der Waals surface area contributed by atoms with Crippen LogP contribution >= 0.6 is 0 Å². The third-order valence-corrected chi connectivity index (χ3v) is 1.61. The van der Waals surface area contributed by atoms with Crippen molar-refractivity contribution in [2.75, 3.05) is 0 Å². The zero-order valence-electron chi connectivity index (χ0n) is 6.90. The van der Waals surface area contributed by atoms with Crippen LogP contribution in [-0.4, -0.2) is 27.1 Å². The zero-order valence-corrected chi connectivity index (χ0v) is 6.90. The van der Waals surface area contributed by atoms with Crippen LogP contribution in [0.2, 0.25) is 0 Å². The third-order valence-electron chi connectivity index (χ3n) is 1.61. The highest BCUT2D eigenvalue weighted by Gasteiger charge is 2.12. The predicted octanol–water partition coefficient (Wildman–Crippen LogP) is 0.116. The number of aromatic carboxylic acids is 1. The fraction of sp³-hybridized carbons (Fsp3) is 0.143. The molecule has 0 unspecified atom stereocenters. The normalized spacial score (nSPS) is 11.6. The van der Waals surface area contributed by atoms with Gasteiger partial charge in [0.2, 0.25) is 0 Å². The first kappa shape index (κ1) is 9.11. The monoisotopic (exact) mass is 183 g/mol. The molecule has 0 spiro atoms. The van der Waals surface area contributed by atoms with Gasteiger partial charge < -0.3 is 21.0 Å². The van der Waals surface area contributed by atoms with E-state index in [4.69, 9.17) is 16.0 Å². The average Bonchev–Trinajstić information content (AvgIpc) is 2.46. The van der Waals surface area contributed by atoms with Crippen LogP contribution in [0.3, 0.4) is 0 Å².